The molecule has 1 atom stereocenters. The summed E-state index contributed by atoms with van der Waals surface area (Å²) in [5.41, 5.74) is 2.04. The fourth-order valence-electron chi connectivity index (χ4n) is 3.19. The van der Waals surface area contributed by atoms with E-state index in [2.05, 4.69) is 19.2 Å². The molecule has 0 aliphatic carbocycles. The molecule has 0 spiro atoms. The van der Waals surface area contributed by atoms with Crippen molar-refractivity contribution in [2.24, 2.45) is 5.92 Å². The number of rotatable bonds is 9. The van der Waals surface area contributed by atoms with Crippen LogP contribution in [-0.4, -0.2) is 34.2 Å². The van der Waals surface area contributed by atoms with Gasteiger partial charge in [-0.1, -0.05) is 43.6 Å². The van der Waals surface area contributed by atoms with Gasteiger partial charge in [-0.15, -0.1) is 0 Å². The molecule has 0 aliphatic heterocycles. The summed E-state index contributed by atoms with van der Waals surface area (Å²) in [6.07, 6.45) is 1.79. The second kappa shape index (κ2) is 10.2. The normalized spacial score (nSPS) is 12.5. The lowest BCUT2D eigenvalue weighted by Gasteiger charge is -2.26. The summed E-state index contributed by atoms with van der Waals surface area (Å²) in [7, 11) is -2.09. The van der Waals surface area contributed by atoms with E-state index in [4.69, 9.17) is 16.3 Å². The minimum Gasteiger partial charge on any atom is -0.497 e. The van der Waals surface area contributed by atoms with Crippen molar-refractivity contribution in [3.8, 4) is 5.75 Å². The van der Waals surface area contributed by atoms with Crippen molar-refractivity contribution < 1.29 is 17.9 Å². The first-order chi connectivity index (χ1) is 14.0. The number of anilines is 1. The highest BCUT2D eigenvalue weighted by atomic mass is 35.5. The number of benzene rings is 2. The van der Waals surface area contributed by atoms with Crippen molar-refractivity contribution in [2.75, 3.05) is 24.2 Å². The van der Waals surface area contributed by atoms with Gasteiger partial charge < -0.3 is 10.1 Å². The van der Waals surface area contributed by atoms with E-state index in [-0.39, 0.29) is 18.5 Å². The summed E-state index contributed by atoms with van der Waals surface area (Å²) in [4.78, 5) is 12.9. The van der Waals surface area contributed by atoms with Gasteiger partial charge in [0, 0.05) is 5.02 Å². The average Bonchev–Trinajstić information content (AvgIpc) is 2.66. The molecule has 0 saturated carbocycles. The molecule has 1 N–H and O–H groups in total. The van der Waals surface area contributed by atoms with Gasteiger partial charge in [0.25, 0.3) is 0 Å². The number of aryl methyl sites for hydroxylation is 1. The van der Waals surface area contributed by atoms with Gasteiger partial charge in [0.05, 0.1) is 25.1 Å². The first-order valence-corrected chi connectivity index (χ1v) is 11.9. The number of hydrogen-bond acceptors (Lipinski definition) is 4. The summed E-state index contributed by atoms with van der Waals surface area (Å²) >= 11 is 6.06. The Bertz CT molecular complexity index is 975. The maximum absolute atomic E-state index is 12.9. The van der Waals surface area contributed by atoms with E-state index < -0.39 is 10.0 Å². The molecule has 1 amide bonds. The first-order valence-electron chi connectivity index (χ1n) is 9.68. The van der Waals surface area contributed by atoms with Gasteiger partial charge in [0.15, 0.2) is 0 Å². The zero-order chi connectivity index (χ0) is 22.5. The average molecular weight is 453 g/mol. The summed E-state index contributed by atoms with van der Waals surface area (Å²) in [5, 5.41) is 3.39. The third-order valence-electron chi connectivity index (χ3n) is 4.69. The van der Waals surface area contributed by atoms with Gasteiger partial charge in [0.1, 0.15) is 12.3 Å². The summed E-state index contributed by atoms with van der Waals surface area (Å²) in [6.45, 7) is 5.59. The molecule has 2 aromatic carbocycles. The zero-order valence-corrected chi connectivity index (χ0v) is 19.5. The van der Waals surface area contributed by atoms with Crippen LogP contribution >= 0.6 is 11.6 Å². The van der Waals surface area contributed by atoms with Crippen LogP contribution in [0.1, 0.15) is 37.4 Å². The SMILES string of the molecule is COc1ccc([C@H](CC(C)C)NC(=O)CN(c2cc(Cl)ccc2C)S(C)(=O)=O)cc1. The van der Waals surface area contributed by atoms with Gasteiger partial charge in [-0.3, -0.25) is 9.10 Å². The monoisotopic (exact) mass is 452 g/mol. The molecule has 8 heteroatoms. The lowest BCUT2D eigenvalue weighted by Crippen LogP contribution is -2.42. The molecule has 2 aromatic rings. The van der Waals surface area contributed by atoms with E-state index >= 15 is 0 Å². The van der Waals surface area contributed by atoms with Gasteiger partial charge in [-0.05, 0) is 54.7 Å². The van der Waals surface area contributed by atoms with E-state index in [0.717, 1.165) is 21.9 Å². The van der Waals surface area contributed by atoms with Crippen LogP contribution in [0.15, 0.2) is 42.5 Å². The van der Waals surface area contributed by atoms with E-state index in [0.29, 0.717) is 28.6 Å². The maximum atomic E-state index is 12.9. The zero-order valence-electron chi connectivity index (χ0n) is 18.0. The molecule has 2 rings (SSSR count). The highest BCUT2D eigenvalue weighted by molar-refractivity contribution is 7.92. The number of halogens is 1. The van der Waals surface area contributed by atoms with Crippen LogP contribution in [0, 0.1) is 12.8 Å². The minimum absolute atomic E-state index is 0.245. The van der Waals surface area contributed by atoms with Crippen LogP contribution in [-0.2, 0) is 14.8 Å². The quantitative estimate of drug-likeness (QED) is 0.614. The second-order valence-corrected chi connectivity index (χ2v) is 10.1. The smallest absolute Gasteiger partial charge is 0.241 e. The van der Waals surface area contributed by atoms with Crippen molar-refractivity contribution in [3.63, 3.8) is 0 Å². The molecule has 30 heavy (non-hydrogen) atoms. The Balaban J connectivity index is 2.27. The molecule has 0 aliphatic rings. The molecular weight excluding hydrogens is 424 g/mol. The van der Waals surface area contributed by atoms with E-state index in [1.807, 2.05) is 24.3 Å². The molecular formula is C22H29ClN2O4S. The third kappa shape index (κ3) is 6.64. The molecule has 0 aromatic heterocycles. The molecule has 0 bridgehead atoms. The van der Waals surface area contributed by atoms with E-state index in [9.17, 15) is 13.2 Å². The Morgan fingerprint density at radius 1 is 1.17 bits per heavy atom. The van der Waals surface area contributed by atoms with Crippen molar-refractivity contribution in [3.05, 3.63) is 58.6 Å². The number of amides is 1. The number of carbonyl (C=O) groups excluding carboxylic acids is 1. The number of hydrogen-bond donors (Lipinski definition) is 1. The van der Waals surface area contributed by atoms with E-state index in [1.54, 1.807) is 32.2 Å². The minimum atomic E-state index is -3.69. The van der Waals surface area contributed by atoms with Crippen LogP contribution in [0.2, 0.25) is 5.02 Å². The van der Waals surface area contributed by atoms with Gasteiger partial charge >= 0.3 is 0 Å². The standard InChI is InChI=1S/C22H29ClN2O4S/c1-15(2)12-20(17-7-10-19(29-4)11-8-17)24-22(26)14-25(30(5,27)28)21-13-18(23)9-6-16(21)3/h6-11,13,15,20H,12,14H2,1-5H3,(H,24,26)/t20-/m0/s1. The topological polar surface area (TPSA) is 75.7 Å². The lowest BCUT2D eigenvalue weighted by molar-refractivity contribution is -0.120. The summed E-state index contributed by atoms with van der Waals surface area (Å²) in [5.74, 6) is 0.674. The number of ether oxygens (including phenoxy) is 1. The molecule has 0 fully saturated rings. The van der Waals surface area contributed by atoms with Crippen LogP contribution in [0.3, 0.4) is 0 Å². The fraction of sp³-hybridized carbons (Fsp3) is 0.409. The fourth-order valence-corrected chi connectivity index (χ4v) is 4.26. The van der Waals surface area contributed by atoms with Gasteiger partial charge in [0.2, 0.25) is 15.9 Å². The number of sulfonamides is 1. The highest BCUT2D eigenvalue weighted by Crippen LogP contribution is 2.27. The predicted molar refractivity (Wildman–Crippen MR) is 122 cm³/mol. The number of methoxy groups -OCH3 is 1. The summed E-state index contributed by atoms with van der Waals surface area (Å²) < 4.78 is 31.1. The van der Waals surface area contributed by atoms with Crippen LogP contribution in [0.5, 0.6) is 5.75 Å². The molecule has 0 heterocycles. The maximum Gasteiger partial charge on any atom is 0.241 e. The molecule has 6 nitrogen and oxygen atoms in total. The Hall–Kier alpha value is -2.25. The van der Waals surface area contributed by atoms with Crippen LogP contribution in [0.4, 0.5) is 5.69 Å². The third-order valence-corrected chi connectivity index (χ3v) is 6.05. The Kier molecular flexibility index (Phi) is 8.15. The molecule has 0 saturated heterocycles. The van der Waals surface area contributed by atoms with Crippen LogP contribution in [0.25, 0.3) is 0 Å². The highest BCUT2D eigenvalue weighted by Gasteiger charge is 2.24. The first kappa shape index (κ1) is 24.0. The van der Waals surface area contributed by atoms with Crippen molar-refractivity contribution in [1.82, 2.24) is 5.32 Å². The number of nitrogens with one attached hydrogen (secondary N) is 1. The van der Waals surface area contributed by atoms with Crippen molar-refractivity contribution >= 4 is 33.2 Å². The van der Waals surface area contributed by atoms with Crippen LogP contribution < -0.4 is 14.4 Å². The van der Waals surface area contributed by atoms with E-state index in [1.165, 1.54) is 0 Å². The Morgan fingerprint density at radius 2 is 1.80 bits per heavy atom. The molecule has 0 unspecified atom stereocenters. The predicted octanol–water partition coefficient (Wildman–Crippen LogP) is 4.33. The Labute approximate surface area is 184 Å². The largest absolute Gasteiger partial charge is 0.497 e. The second-order valence-electron chi connectivity index (χ2n) is 7.72. The van der Waals surface area contributed by atoms with Gasteiger partial charge in [-0.25, -0.2) is 8.42 Å². The summed E-state index contributed by atoms with van der Waals surface area (Å²) in [6, 6.07) is 12.2. The van der Waals surface area contributed by atoms with Crippen molar-refractivity contribution in [1.29, 1.82) is 0 Å². The van der Waals surface area contributed by atoms with Crippen molar-refractivity contribution in [2.45, 2.75) is 33.2 Å². The molecule has 164 valence electrons. The molecule has 0 radical (unpaired) electrons. The number of nitrogens with zero attached hydrogens (tertiary/aromatic N) is 1. The number of carbonyl (C=O) groups is 1. The Morgan fingerprint density at radius 3 is 2.33 bits per heavy atom. The van der Waals surface area contributed by atoms with Gasteiger partial charge in [-0.2, -0.15) is 0 Å². The lowest BCUT2D eigenvalue weighted by atomic mass is 9.97.